The predicted octanol–water partition coefficient (Wildman–Crippen LogP) is 15.4. The maximum absolute atomic E-state index is 6.94. The SMILES string of the molecule is CC1(C)c2ccccc2-c2c(N(c3ccccc3)c3ccc4c(c3)Oc3ccc(-c5cc(-c6ccccc6)cc(-c6ccccc6)c5)c5cccc-4c35)cccc21. The van der Waals surface area contributed by atoms with Gasteiger partial charge in [-0.3, -0.25) is 0 Å². The Morgan fingerprint density at radius 1 is 0.386 bits per heavy atom. The van der Waals surface area contributed by atoms with Gasteiger partial charge in [0, 0.05) is 39.4 Å². The van der Waals surface area contributed by atoms with E-state index in [4.69, 9.17) is 4.74 Å². The zero-order chi connectivity index (χ0) is 38.1. The first-order chi connectivity index (χ1) is 28.0. The number of para-hydroxylation sites is 1. The van der Waals surface area contributed by atoms with Crippen molar-refractivity contribution in [3.63, 3.8) is 0 Å². The van der Waals surface area contributed by atoms with Gasteiger partial charge in [0.1, 0.15) is 11.5 Å². The van der Waals surface area contributed by atoms with Crippen LogP contribution in [0.3, 0.4) is 0 Å². The summed E-state index contributed by atoms with van der Waals surface area (Å²) in [5.74, 6) is 1.73. The van der Waals surface area contributed by atoms with E-state index < -0.39 is 0 Å². The number of ether oxygens (including phenoxy) is 1. The first-order valence-electron chi connectivity index (χ1n) is 19.8. The van der Waals surface area contributed by atoms with Gasteiger partial charge in [0.05, 0.1) is 5.69 Å². The van der Waals surface area contributed by atoms with Crippen molar-refractivity contribution in [1.29, 1.82) is 0 Å². The number of fused-ring (bicyclic) bond motifs is 5. The maximum Gasteiger partial charge on any atom is 0.137 e. The molecular weight excluding hydrogens is 691 g/mol. The molecule has 1 heterocycles. The van der Waals surface area contributed by atoms with E-state index in [9.17, 15) is 0 Å². The van der Waals surface area contributed by atoms with Crippen LogP contribution >= 0.6 is 0 Å². The van der Waals surface area contributed by atoms with Gasteiger partial charge in [0.25, 0.3) is 0 Å². The maximum atomic E-state index is 6.94. The number of anilines is 3. The zero-order valence-electron chi connectivity index (χ0n) is 31.9. The fraction of sp³-hybridized carbons (Fsp3) is 0.0545. The van der Waals surface area contributed by atoms with Crippen LogP contribution in [0.25, 0.3) is 66.4 Å². The van der Waals surface area contributed by atoms with Crippen LogP contribution in [0.1, 0.15) is 25.0 Å². The van der Waals surface area contributed by atoms with E-state index in [1.165, 1.54) is 66.6 Å². The number of benzene rings is 9. The van der Waals surface area contributed by atoms with Gasteiger partial charge in [-0.2, -0.15) is 0 Å². The minimum absolute atomic E-state index is 0.101. The topological polar surface area (TPSA) is 12.5 Å². The van der Waals surface area contributed by atoms with Crippen molar-refractivity contribution in [2.75, 3.05) is 4.90 Å². The van der Waals surface area contributed by atoms with E-state index in [2.05, 4.69) is 219 Å². The molecule has 0 atom stereocenters. The summed E-state index contributed by atoms with van der Waals surface area (Å²) in [6, 6.07) is 72.4. The lowest BCUT2D eigenvalue weighted by atomic mass is 9.82. The Morgan fingerprint density at radius 2 is 0.982 bits per heavy atom. The summed E-state index contributed by atoms with van der Waals surface area (Å²) >= 11 is 0. The molecule has 0 aromatic heterocycles. The third kappa shape index (κ3) is 5.33. The molecule has 2 aliphatic rings. The average molecular weight is 730 g/mol. The minimum Gasteiger partial charge on any atom is -0.456 e. The van der Waals surface area contributed by atoms with Crippen molar-refractivity contribution in [1.82, 2.24) is 0 Å². The molecule has 1 aliphatic carbocycles. The number of nitrogens with zero attached hydrogens (tertiary/aromatic N) is 1. The molecule has 2 nitrogen and oxygen atoms in total. The number of hydrogen-bond acceptors (Lipinski definition) is 2. The fourth-order valence-corrected chi connectivity index (χ4v) is 9.31. The fourth-order valence-electron chi connectivity index (χ4n) is 9.31. The molecule has 0 spiro atoms. The molecule has 0 radical (unpaired) electrons. The van der Waals surface area contributed by atoms with E-state index >= 15 is 0 Å². The van der Waals surface area contributed by atoms with Gasteiger partial charge in [-0.05, 0) is 116 Å². The van der Waals surface area contributed by atoms with E-state index in [1.54, 1.807) is 0 Å². The highest BCUT2D eigenvalue weighted by Gasteiger charge is 2.38. The second-order valence-electron chi connectivity index (χ2n) is 15.7. The zero-order valence-corrected chi connectivity index (χ0v) is 31.9. The normalized spacial score (nSPS) is 13.0. The molecule has 0 saturated heterocycles. The number of rotatable bonds is 6. The highest BCUT2D eigenvalue weighted by atomic mass is 16.5. The smallest absolute Gasteiger partial charge is 0.137 e. The van der Waals surface area contributed by atoms with Crippen molar-refractivity contribution in [3.8, 4) is 67.1 Å². The molecule has 0 unspecified atom stereocenters. The Labute approximate surface area is 333 Å². The monoisotopic (exact) mass is 729 g/mol. The molecule has 2 heteroatoms. The van der Waals surface area contributed by atoms with Gasteiger partial charge in [-0.15, -0.1) is 0 Å². The molecule has 270 valence electrons. The van der Waals surface area contributed by atoms with Crippen molar-refractivity contribution in [2.45, 2.75) is 19.3 Å². The Morgan fingerprint density at radius 3 is 1.72 bits per heavy atom. The average Bonchev–Trinajstić information content (AvgIpc) is 3.51. The predicted molar refractivity (Wildman–Crippen MR) is 238 cm³/mol. The molecular formula is C55H39NO. The summed E-state index contributed by atoms with van der Waals surface area (Å²) in [7, 11) is 0. The Balaban J connectivity index is 1.06. The van der Waals surface area contributed by atoms with Crippen LogP contribution < -0.4 is 9.64 Å². The van der Waals surface area contributed by atoms with Crippen LogP contribution in [0.15, 0.2) is 200 Å². The summed E-state index contributed by atoms with van der Waals surface area (Å²) in [6.45, 7) is 4.68. The van der Waals surface area contributed by atoms with Gasteiger partial charge in [-0.25, -0.2) is 0 Å². The van der Waals surface area contributed by atoms with E-state index in [0.29, 0.717) is 0 Å². The van der Waals surface area contributed by atoms with Gasteiger partial charge >= 0.3 is 0 Å². The number of hydrogen-bond donors (Lipinski definition) is 0. The van der Waals surface area contributed by atoms with Crippen molar-refractivity contribution >= 4 is 27.8 Å². The van der Waals surface area contributed by atoms with Crippen molar-refractivity contribution < 1.29 is 4.74 Å². The molecule has 11 rings (SSSR count). The van der Waals surface area contributed by atoms with E-state index in [0.717, 1.165) is 39.5 Å². The molecule has 9 aromatic carbocycles. The molecule has 0 saturated carbocycles. The Bertz CT molecular complexity index is 2940. The van der Waals surface area contributed by atoms with E-state index in [-0.39, 0.29) is 5.41 Å². The minimum atomic E-state index is -0.101. The molecule has 0 amide bonds. The van der Waals surface area contributed by atoms with Crippen LogP contribution in [0, 0.1) is 0 Å². The third-order valence-electron chi connectivity index (χ3n) is 12.0. The first-order valence-corrected chi connectivity index (χ1v) is 19.8. The summed E-state index contributed by atoms with van der Waals surface area (Å²) in [6.07, 6.45) is 0. The van der Waals surface area contributed by atoms with Gasteiger partial charge in [0.2, 0.25) is 0 Å². The summed E-state index contributed by atoms with van der Waals surface area (Å²) < 4.78 is 6.94. The van der Waals surface area contributed by atoms with Crippen LogP contribution in [-0.2, 0) is 5.41 Å². The van der Waals surface area contributed by atoms with E-state index in [1.807, 2.05) is 0 Å². The quantitative estimate of drug-likeness (QED) is 0.169. The molecule has 0 fully saturated rings. The van der Waals surface area contributed by atoms with Gasteiger partial charge in [-0.1, -0.05) is 153 Å². The second-order valence-corrected chi connectivity index (χ2v) is 15.7. The first kappa shape index (κ1) is 33.2. The molecule has 9 aromatic rings. The Hall–Kier alpha value is -7.16. The van der Waals surface area contributed by atoms with Crippen molar-refractivity contribution in [2.24, 2.45) is 0 Å². The molecule has 1 aliphatic heterocycles. The molecule has 0 bridgehead atoms. The largest absolute Gasteiger partial charge is 0.456 e. The lowest BCUT2D eigenvalue weighted by molar-refractivity contribution is 0.487. The summed E-state index contributed by atoms with van der Waals surface area (Å²) in [4.78, 5) is 2.39. The summed E-state index contributed by atoms with van der Waals surface area (Å²) in [5.41, 5.74) is 17.9. The molecule has 0 N–H and O–H groups in total. The second kappa shape index (κ2) is 13.0. The highest BCUT2D eigenvalue weighted by Crippen LogP contribution is 2.55. The standard InChI is InChI=1S/C55H39NO/c1-55(2)48-25-13-12-22-47(48)54-49(55)26-15-27-50(54)56(41-20-10-5-11-21-41)42-28-29-44-46-24-14-23-45-43(30-31-51(53(45)46)57-52(44)35-42)40-33-38(36-16-6-3-7-17-36)32-39(34-40)37-18-8-4-9-19-37/h3-35H,1-2H3. The Kier molecular flexibility index (Phi) is 7.55. The van der Waals surface area contributed by atoms with Gasteiger partial charge in [0.15, 0.2) is 0 Å². The lowest BCUT2D eigenvalue weighted by Gasteiger charge is -2.30. The van der Waals surface area contributed by atoms with Crippen LogP contribution in [-0.4, -0.2) is 0 Å². The van der Waals surface area contributed by atoms with Crippen LogP contribution in [0.5, 0.6) is 11.5 Å². The van der Waals surface area contributed by atoms with Gasteiger partial charge < -0.3 is 9.64 Å². The van der Waals surface area contributed by atoms with Crippen molar-refractivity contribution in [3.05, 3.63) is 211 Å². The third-order valence-corrected chi connectivity index (χ3v) is 12.0. The van der Waals surface area contributed by atoms with Crippen LogP contribution in [0.2, 0.25) is 0 Å². The molecule has 57 heavy (non-hydrogen) atoms. The lowest BCUT2D eigenvalue weighted by Crippen LogP contribution is -2.16. The highest BCUT2D eigenvalue weighted by molar-refractivity contribution is 6.10. The summed E-state index contributed by atoms with van der Waals surface area (Å²) in [5, 5.41) is 2.32. The van der Waals surface area contributed by atoms with Crippen LogP contribution in [0.4, 0.5) is 17.1 Å².